The number of carboxylic acids is 1. The Morgan fingerprint density at radius 1 is 1.14 bits per heavy atom. The van der Waals surface area contributed by atoms with Crippen LogP contribution >= 0.6 is 46.4 Å². The van der Waals surface area contributed by atoms with Crippen molar-refractivity contribution in [3.63, 3.8) is 0 Å². The Morgan fingerprint density at radius 2 is 1.50 bits per heavy atom. The molecule has 2 saturated carbocycles. The van der Waals surface area contributed by atoms with E-state index in [0.717, 1.165) is 0 Å². The largest absolute Gasteiger partial charge is 0.481 e. The van der Waals surface area contributed by atoms with Crippen LogP contribution in [0.2, 0.25) is 0 Å². The van der Waals surface area contributed by atoms with Gasteiger partial charge in [-0.3, -0.25) is 4.79 Å². The van der Waals surface area contributed by atoms with E-state index in [-0.39, 0.29) is 0 Å². The lowest BCUT2D eigenvalue weighted by atomic mass is 10.1. The summed E-state index contributed by atoms with van der Waals surface area (Å²) in [6, 6.07) is 0. The minimum Gasteiger partial charge on any atom is -0.481 e. The minimum absolute atomic E-state index is 0.564. The van der Waals surface area contributed by atoms with Gasteiger partial charge < -0.3 is 5.11 Å². The fourth-order valence-corrected chi connectivity index (χ4v) is 5.44. The number of halogens is 4. The van der Waals surface area contributed by atoms with E-state index in [9.17, 15) is 4.79 Å². The second-order valence-electron chi connectivity index (χ2n) is 4.45. The lowest BCUT2D eigenvalue weighted by Crippen LogP contribution is -2.04. The molecule has 0 aromatic carbocycles. The Morgan fingerprint density at radius 3 is 1.57 bits per heavy atom. The van der Waals surface area contributed by atoms with Gasteiger partial charge in [0.1, 0.15) is 0 Å². The molecular formula is C8H8Cl4O2. The Kier molecular flexibility index (Phi) is 1.84. The van der Waals surface area contributed by atoms with Gasteiger partial charge in [-0.25, -0.2) is 0 Å². The molecule has 1 atom stereocenters. The van der Waals surface area contributed by atoms with Crippen molar-refractivity contribution in [3.05, 3.63) is 0 Å². The molecule has 2 aliphatic rings. The number of carbonyl (C=O) groups is 1. The first-order valence-electron chi connectivity index (χ1n) is 4.05. The fraction of sp³-hybridized carbons (Fsp3) is 0.875. The maximum absolute atomic E-state index is 11.0. The Bertz CT molecular complexity index is 320. The molecule has 0 aromatic rings. The molecule has 2 aliphatic carbocycles. The third kappa shape index (κ3) is 0.722. The molecule has 0 bridgehead atoms. The number of carboxylic acid groups (broad SMARTS) is 1. The van der Waals surface area contributed by atoms with Gasteiger partial charge >= 0.3 is 5.97 Å². The van der Waals surface area contributed by atoms with Gasteiger partial charge in [0.25, 0.3) is 0 Å². The molecule has 6 heteroatoms. The van der Waals surface area contributed by atoms with E-state index in [4.69, 9.17) is 51.5 Å². The molecule has 14 heavy (non-hydrogen) atoms. The first-order valence-corrected chi connectivity index (χ1v) is 5.56. The standard InChI is InChI=1S/C8H8Cl4O2/c1-5(2)3(4(13)14)6(5)7(9,10)8(6,11)12/h3H,1-2H3,(H,13,14). The van der Waals surface area contributed by atoms with Crippen LogP contribution < -0.4 is 0 Å². The second-order valence-corrected chi connectivity index (χ2v) is 7.10. The quantitative estimate of drug-likeness (QED) is 0.748. The predicted octanol–water partition coefficient (Wildman–Crippen LogP) is 3.07. The molecule has 2 fully saturated rings. The summed E-state index contributed by atoms with van der Waals surface area (Å²) in [6.07, 6.45) is 0. The maximum Gasteiger partial charge on any atom is 0.307 e. The van der Waals surface area contributed by atoms with Gasteiger partial charge in [0.05, 0.1) is 11.3 Å². The lowest BCUT2D eigenvalue weighted by Gasteiger charge is -1.98. The summed E-state index contributed by atoms with van der Waals surface area (Å²) in [5, 5.41) is 8.99. The second kappa shape index (κ2) is 2.32. The van der Waals surface area contributed by atoms with Crippen LogP contribution in [-0.4, -0.2) is 19.7 Å². The minimum atomic E-state index is -1.37. The summed E-state index contributed by atoms with van der Waals surface area (Å²) in [4.78, 5) is 11.0. The van der Waals surface area contributed by atoms with Crippen molar-refractivity contribution in [2.24, 2.45) is 16.7 Å². The molecule has 0 radical (unpaired) electrons. The summed E-state index contributed by atoms with van der Waals surface area (Å²) in [5.41, 5.74) is -1.48. The average Bonchev–Trinajstić information content (AvgIpc) is 2.59. The summed E-state index contributed by atoms with van der Waals surface area (Å²) >= 11 is 23.8. The monoisotopic (exact) mass is 276 g/mol. The molecule has 2 rings (SSSR count). The van der Waals surface area contributed by atoms with Crippen LogP contribution in [0.1, 0.15) is 13.8 Å². The van der Waals surface area contributed by atoms with Gasteiger partial charge in [0.15, 0.2) is 8.67 Å². The summed E-state index contributed by atoms with van der Waals surface area (Å²) in [6.45, 7) is 3.52. The Labute approximate surface area is 101 Å². The average molecular weight is 278 g/mol. The molecular weight excluding hydrogens is 270 g/mol. The number of alkyl halides is 4. The Hall–Kier alpha value is 0.630. The molecule has 80 valence electrons. The van der Waals surface area contributed by atoms with E-state index in [1.807, 2.05) is 0 Å². The van der Waals surface area contributed by atoms with Gasteiger partial charge in [-0.2, -0.15) is 0 Å². The topological polar surface area (TPSA) is 37.3 Å². The first-order chi connectivity index (χ1) is 6.07. The normalized spacial score (nSPS) is 38.0. The first kappa shape index (κ1) is 11.1. The number of hydrogen-bond donors (Lipinski definition) is 1. The maximum atomic E-state index is 11.0. The highest BCUT2D eigenvalue weighted by Gasteiger charge is 3.04. The SMILES string of the molecule is CC1(C)C(C(=O)O)C12C(Cl)(Cl)C2(Cl)Cl. The van der Waals surface area contributed by atoms with Crippen LogP contribution in [0.4, 0.5) is 0 Å². The Balaban J connectivity index is 2.46. The van der Waals surface area contributed by atoms with E-state index in [1.165, 1.54) is 0 Å². The van der Waals surface area contributed by atoms with Crippen molar-refractivity contribution in [1.82, 2.24) is 0 Å². The third-order valence-corrected chi connectivity index (χ3v) is 6.37. The molecule has 2 nitrogen and oxygen atoms in total. The fourth-order valence-electron chi connectivity index (χ4n) is 2.87. The van der Waals surface area contributed by atoms with Crippen LogP contribution in [-0.2, 0) is 4.79 Å². The summed E-state index contributed by atoms with van der Waals surface area (Å²) in [7, 11) is 0. The van der Waals surface area contributed by atoms with Gasteiger partial charge in [-0.15, -0.1) is 0 Å². The zero-order valence-electron chi connectivity index (χ0n) is 7.44. The van der Waals surface area contributed by atoms with Gasteiger partial charge in [0, 0.05) is 0 Å². The molecule has 0 aliphatic heterocycles. The van der Waals surface area contributed by atoms with Gasteiger partial charge in [-0.05, 0) is 5.41 Å². The highest BCUT2D eigenvalue weighted by molar-refractivity contribution is 6.70. The zero-order chi connectivity index (χ0) is 11.2. The van der Waals surface area contributed by atoms with Crippen LogP contribution in [0, 0.1) is 16.7 Å². The van der Waals surface area contributed by atoms with E-state index in [2.05, 4.69) is 0 Å². The van der Waals surface area contributed by atoms with Crippen molar-refractivity contribution in [1.29, 1.82) is 0 Å². The van der Waals surface area contributed by atoms with Crippen molar-refractivity contribution < 1.29 is 9.90 Å². The van der Waals surface area contributed by atoms with Crippen LogP contribution in [0.5, 0.6) is 0 Å². The molecule has 0 aromatic heterocycles. The van der Waals surface area contributed by atoms with E-state index >= 15 is 0 Å². The van der Waals surface area contributed by atoms with Crippen LogP contribution in [0.25, 0.3) is 0 Å². The molecule has 1 N–H and O–H groups in total. The van der Waals surface area contributed by atoms with Gasteiger partial charge in [-0.1, -0.05) is 60.3 Å². The van der Waals surface area contributed by atoms with Gasteiger partial charge in [0.2, 0.25) is 0 Å². The van der Waals surface area contributed by atoms with Crippen LogP contribution in [0.15, 0.2) is 0 Å². The molecule has 0 amide bonds. The lowest BCUT2D eigenvalue weighted by molar-refractivity contribution is -0.139. The van der Waals surface area contributed by atoms with E-state index in [1.54, 1.807) is 13.8 Å². The summed E-state index contributed by atoms with van der Waals surface area (Å²) < 4.78 is -2.73. The van der Waals surface area contributed by atoms with Crippen LogP contribution in [0.3, 0.4) is 0 Å². The van der Waals surface area contributed by atoms with E-state index in [0.29, 0.717) is 0 Å². The number of hydrogen-bond acceptors (Lipinski definition) is 1. The number of rotatable bonds is 1. The molecule has 1 unspecified atom stereocenters. The van der Waals surface area contributed by atoms with Crippen molar-refractivity contribution in [3.8, 4) is 0 Å². The number of aliphatic carboxylic acids is 1. The third-order valence-electron chi connectivity index (χ3n) is 3.66. The highest BCUT2D eigenvalue weighted by atomic mass is 35.5. The molecule has 1 spiro atoms. The zero-order valence-corrected chi connectivity index (χ0v) is 10.5. The van der Waals surface area contributed by atoms with Crippen molar-refractivity contribution in [2.45, 2.75) is 22.5 Å². The van der Waals surface area contributed by atoms with Crippen molar-refractivity contribution >= 4 is 52.4 Å². The highest BCUT2D eigenvalue weighted by Crippen LogP contribution is 2.97. The smallest absolute Gasteiger partial charge is 0.307 e. The predicted molar refractivity (Wildman–Crippen MR) is 56.2 cm³/mol. The molecule has 0 heterocycles. The summed E-state index contributed by atoms with van der Waals surface area (Å²) in [5.74, 6) is -1.64. The van der Waals surface area contributed by atoms with Crippen molar-refractivity contribution in [2.75, 3.05) is 0 Å². The van der Waals surface area contributed by atoms with E-state index < -0.39 is 31.4 Å². The molecule has 0 saturated heterocycles.